The number of aryl methyl sites for hydroxylation is 1. The summed E-state index contributed by atoms with van der Waals surface area (Å²) in [6.45, 7) is 2.24. The van der Waals surface area contributed by atoms with Crippen molar-refractivity contribution in [2.45, 2.75) is 13.5 Å². The number of thiazole rings is 1. The first-order valence-electron chi connectivity index (χ1n) is 9.40. The number of carbonyl (C=O) groups is 2. The summed E-state index contributed by atoms with van der Waals surface area (Å²) in [5.41, 5.74) is 3.53. The lowest BCUT2D eigenvalue weighted by Gasteiger charge is -2.10. The van der Waals surface area contributed by atoms with Gasteiger partial charge in [-0.2, -0.15) is 0 Å². The van der Waals surface area contributed by atoms with Gasteiger partial charge in [0.25, 0.3) is 5.91 Å². The molecule has 2 aromatic heterocycles. The molecule has 0 radical (unpaired) electrons. The van der Waals surface area contributed by atoms with Gasteiger partial charge in [0.2, 0.25) is 0 Å². The van der Waals surface area contributed by atoms with Crippen molar-refractivity contribution in [3.05, 3.63) is 82.6 Å². The Morgan fingerprint density at radius 1 is 1.10 bits per heavy atom. The third kappa shape index (κ3) is 4.99. The third-order valence-electron chi connectivity index (χ3n) is 4.51. The van der Waals surface area contributed by atoms with Gasteiger partial charge in [0.1, 0.15) is 0 Å². The van der Waals surface area contributed by atoms with Gasteiger partial charge in [0.05, 0.1) is 20.9 Å². The lowest BCUT2D eigenvalue weighted by molar-refractivity contribution is 0.102. The van der Waals surface area contributed by atoms with E-state index in [2.05, 4.69) is 25.9 Å². The van der Waals surface area contributed by atoms with Gasteiger partial charge in [-0.3, -0.25) is 15.1 Å². The number of halogens is 1. The fourth-order valence-electron chi connectivity index (χ4n) is 2.92. The lowest BCUT2D eigenvalue weighted by Crippen LogP contribution is -2.28. The van der Waals surface area contributed by atoms with Crippen LogP contribution in [0, 0.1) is 6.92 Å². The molecule has 0 aliphatic carbocycles. The highest BCUT2D eigenvalue weighted by Gasteiger charge is 2.13. The molecule has 156 valence electrons. The fourth-order valence-corrected chi connectivity index (χ4v) is 4.09. The molecule has 0 aliphatic rings. The second kappa shape index (κ2) is 9.11. The normalized spacial score (nSPS) is 10.6. The summed E-state index contributed by atoms with van der Waals surface area (Å²) in [6, 6.07) is 13.9. The molecule has 3 amide bonds. The molecule has 4 rings (SSSR count). The number of rotatable bonds is 5. The first kappa shape index (κ1) is 20.8. The van der Waals surface area contributed by atoms with E-state index in [1.165, 1.54) is 11.3 Å². The standard InChI is InChI=1S/C22H18ClN5O2S/c1-13-4-2-6-16(23)19(13)27-20(29)15-7-8-17-18(10-15)31-22(26-17)28-21(30)25-12-14-5-3-9-24-11-14/h2-11H,12H2,1H3,(H,27,29)(H2,25,26,28,30). The van der Waals surface area contributed by atoms with Gasteiger partial charge in [-0.25, -0.2) is 9.78 Å². The Morgan fingerprint density at radius 2 is 1.97 bits per heavy atom. The van der Waals surface area contributed by atoms with E-state index < -0.39 is 0 Å². The summed E-state index contributed by atoms with van der Waals surface area (Å²) in [7, 11) is 0. The molecule has 0 fully saturated rings. The molecule has 31 heavy (non-hydrogen) atoms. The highest BCUT2D eigenvalue weighted by atomic mass is 35.5. The van der Waals surface area contributed by atoms with Gasteiger partial charge in [-0.05, 0) is 48.4 Å². The number of urea groups is 1. The largest absolute Gasteiger partial charge is 0.334 e. The molecule has 0 spiro atoms. The van der Waals surface area contributed by atoms with Crippen LogP contribution in [-0.4, -0.2) is 21.9 Å². The van der Waals surface area contributed by atoms with Gasteiger partial charge in [0, 0.05) is 24.5 Å². The minimum atomic E-state index is -0.366. The van der Waals surface area contributed by atoms with Gasteiger partial charge in [0.15, 0.2) is 5.13 Å². The summed E-state index contributed by atoms with van der Waals surface area (Å²) in [6.07, 6.45) is 3.36. The van der Waals surface area contributed by atoms with Crippen molar-refractivity contribution in [2.24, 2.45) is 0 Å². The van der Waals surface area contributed by atoms with Gasteiger partial charge < -0.3 is 10.6 Å². The fraction of sp³-hybridized carbons (Fsp3) is 0.0909. The molecule has 0 unspecified atom stereocenters. The molecule has 2 heterocycles. The first-order chi connectivity index (χ1) is 15.0. The van der Waals surface area contributed by atoms with Crippen molar-refractivity contribution in [3.63, 3.8) is 0 Å². The third-order valence-corrected chi connectivity index (χ3v) is 5.76. The number of nitrogens with one attached hydrogen (secondary N) is 3. The molecular formula is C22H18ClN5O2S. The van der Waals surface area contributed by atoms with Crippen LogP contribution in [0.1, 0.15) is 21.5 Å². The summed E-state index contributed by atoms with van der Waals surface area (Å²) >= 11 is 7.49. The minimum Gasteiger partial charge on any atom is -0.334 e. The zero-order chi connectivity index (χ0) is 21.8. The molecule has 4 aromatic rings. The minimum absolute atomic E-state index is 0.268. The van der Waals surface area contributed by atoms with Crippen LogP contribution in [0.3, 0.4) is 0 Å². The molecule has 7 nitrogen and oxygen atoms in total. The van der Waals surface area contributed by atoms with Crippen molar-refractivity contribution in [1.29, 1.82) is 0 Å². The van der Waals surface area contributed by atoms with Crippen LogP contribution in [0.4, 0.5) is 15.6 Å². The Bertz CT molecular complexity index is 1240. The van der Waals surface area contributed by atoms with Crippen LogP contribution in [0.25, 0.3) is 10.2 Å². The van der Waals surface area contributed by atoms with Crippen LogP contribution in [0.15, 0.2) is 60.9 Å². The number of anilines is 2. The summed E-state index contributed by atoms with van der Waals surface area (Å²) in [5.74, 6) is -0.268. The Hall–Kier alpha value is -3.49. The van der Waals surface area contributed by atoms with Crippen molar-refractivity contribution in [3.8, 4) is 0 Å². The van der Waals surface area contributed by atoms with Crippen molar-refractivity contribution >= 4 is 55.9 Å². The zero-order valence-corrected chi connectivity index (χ0v) is 18.1. The van der Waals surface area contributed by atoms with E-state index in [9.17, 15) is 9.59 Å². The quantitative estimate of drug-likeness (QED) is 0.387. The number of nitrogens with zero attached hydrogens (tertiary/aromatic N) is 2. The SMILES string of the molecule is Cc1cccc(Cl)c1NC(=O)c1ccc2nc(NC(=O)NCc3cccnc3)sc2c1. The smallest absolute Gasteiger partial charge is 0.321 e. The van der Waals surface area contributed by atoms with Crippen molar-refractivity contribution in [2.75, 3.05) is 10.6 Å². The Kier molecular flexibility index (Phi) is 6.11. The average molecular weight is 452 g/mol. The number of carbonyl (C=O) groups excluding carboxylic acids is 2. The molecule has 0 aliphatic heterocycles. The lowest BCUT2D eigenvalue weighted by atomic mass is 10.1. The predicted octanol–water partition coefficient (Wildman–Crippen LogP) is 5.23. The first-order valence-corrected chi connectivity index (χ1v) is 10.6. The van der Waals surface area contributed by atoms with Gasteiger partial charge in [-0.1, -0.05) is 41.1 Å². The molecular weight excluding hydrogens is 434 g/mol. The average Bonchev–Trinajstić information content (AvgIpc) is 3.17. The number of aromatic nitrogens is 2. The molecule has 0 bridgehead atoms. The molecule has 3 N–H and O–H groups in total. The summed E-state index contributed by atoms with van der Waals surface area (Å²) in [4.78, 5) is 33.3. The van der Waals surface area contributed by atoms with E-state index in [0.29, 0.717) is 33.5 Å². The molecule has 0 saturated heterocycles. The molecule has 0 atom stereocenters. The second-order valence-electron chi connectivity index (χ2n) is 6.76. The monoisotopic (exact) mass is 451 g/mol. The van der Waals surface area contributed by atoms with Gasteiger partial charge in [-0.15, -0.1) is 0 Å². The highest BCUT2D eigenvalue weighted by Crippen LogP contribution is 2.29. The highest BCUT2D eigenvalue weighted by molar-refractivity contribution is 7.22. The van der Waals surface area contributed by atoms with E-state index in [-0.39, 0.29) is 11.9 Å². The molecule has 9 heteroatoms. The molecule has 0 saturated carbocycles. The Balaban J connectivity index is 1.44. The van der Waals surface area contributed by atoms with Crippen LogP contribution in [0.2, 0.25) is 5.02 Å². The van der Waals surface area contributed by atoms with Gasteiger partial charge >= 0.3 is 6.03 Å². The van der Waals surface area contributed by atoms with Crippen molar-refractivity contribution in [1.82, 2.24) is 15.3 Å². The maximum absolute atomic E-state index is 12.7. The Morgan fingerprint density at radius 3 is 2.74 bits per heavy atom. The van der Waals surface area contributed by atoms with E-state index in [1.54, 1.807) is 36.7 Å². The van der Waals surface area contributed by atoms with Crippen LogP contribution < -0.4 is 16.0 Å². The number of hydrogen-bond acceptors (Lipinski definition) is 5. The van der Waals surface area contributed by atoms with E-state index in [0.717, 1.165) is 15.8 Å². The maximum Gasteiger partial charge on any atom is 0.321 e. The number of fused-ring (bicyclic) bond motifs is 1. The van der Waals surface area contributed by atoms with Crippen LogP contribution >= 0.6 is 22.9 Å². The van der Waals surface area contributed by atoms with Crippen LogP contribution in [-0.2, 0) is 6.54 Å². The van der Waals surface area contributed by atoms with E-state index in [4.69, 9.17) is 11.6 Å². The summed E-state index contributed by atoms with van der Waals surface area (Å²) in [5, 5.41) is 9.27. The van der Waals surface area contributed by atoms with Crippen LogP contribution in [0.5, 0.6) is 0 Å². The summed E-state index contributed by atoms with van der Waals surface area (Å²) < 4.78 is 0.783. The van der Waals surface area contributed by atoms with E-state index in [1.807, 2.05) is 31.2 Å². The maximum atomic E-state index is 12.7. The number of amides is 3. The number of para-hydroxylation sites is 1. The van der Waals surface area contributed by atoms with E-state index >= 15 is 0 Å². The molecule has 2 aromatic carbocycles. The number of hydrogen-bond donors (Lipinski definition) is 3. The second-order valence-corrected chi connectivity index (χ2v) is 8.19. The predicted molar refractivity (Wildman–Crippen MR) is 124 cm³/mol. The zero-order valence-electron chi connectivity index (χ0n) is 16.5. The Labute approximate surface area is 187 Å². The topological polar surface area (TPSA) is 96.0 Å². The number of pyridine rings is 1. The van der Waals surface area contributed by atoms with Crippen molar-refractivity contribution < 1.29 is 9.59 Å². The number of benzene rings is 2.